The Morgan fingerprint density at radius 3 is 2.75 bits per heavy atom. The number of likely N-dealkylation sites (N-methyl/N-ethyl adjacent to an activating group) is 1. The predicted octanol–water partition coefficient (Wildman–Crippen LogP) is 1.31. The summed E-state index contributed by atoms with van der Waals surface area (Å²) in [6, 6.07) is 1.10. The smallest absolute Gasteiger partial charge is 0.416 e. The molecule has 1 aromatic rings. The van der Waals surface area contributed by atoms with Crippen molar-refractivity contribution >= 4 is 11.8 Å². The van der Waals surface area contributed by atoms with E-state index in [0.29, 0.717) is 13.1 Å². The normalized spacial score (nSPS) is 21.0. The van der Waals surface area contributed by atoms with Gasteiger partial charge in [0.25, 0.3) is 0 Å². The molecule has 20 heavy (non-hydrogen) atoms. The van der Waals surface area contributed by atoms with Crippen LogP contribution < -0.4 is 4.90 Å². The van der Waals surface area contributed by atoms with Crippen molar-refractivity contribution in [3.63, 3.8) is 0 Å². The van der Waals surface area contributed by atoms with Gasteiger partial charge < -0.3 is 10.0 Å². The second-order valence-corrected chi connectivity index (χ2v) is 4.68. The number of aromatic nitrogens is 1. The topological polar surface area (TPSA) is 56.7 Å². The first-order chi connectivity index (χ1) is 9.29. The van der Waals surface area contributed by atoms with Crippen LogP contribution in [0.25, 0.3) is 0 Å². The summed E-state index contributed by atoms with van der Waals surface area (Å²) in [6.45, 7) is 1.00. The molecular weight excluding hydrogens is 275 g/mol. The highest BCUT2D eigenvalue weighted by Gasteiger charge is 2.33. The van der Waals surface area contributed by atoms with Crippen LogP contribution in [0.15, 0.2) is 18.3 Å². The Morgan fingerprint density at radius 1 is 1.45 bits per heavy atom. The number of aliphatic carboxylic acids is 1. The Hall–Kier alpha value is -1.83. The van der Waals surface area contributed by atoms with Gasteiger partial charge in [0, 0.05) is 25.8 Å². The summed E-state index contributed by atoms with van der Waals surface area (Å²) in [5, 5.41) is 9.09. The molecule has 1 aromatic heterocycles. The zero-order chi connectivity index (χ0) is 14.9. The van der Waals surface area contributed by atoms with Crippen LogP contribution in [0.5, 0.6) is 0 Å². The van der Waals surface area contributed by atoms with Crippen molar-refractivity contribution in [2.45, 2.75) is 12.2 Å². The fraction of sp³-hybridized carbons (Fsp3) is 0.500. The Labute approximate surface area is 113 Å². The first kappa shape index (κ1) is 14.6. The molecule has 1 fully saturated rings. The maximum atomic E-state index is 12.7. The van der Waals surface area contributed by atoms with Crippen LogP contribution in [-0.2, 0) is 11.0 Å². The Kier molecular flexibility index (Phi) is 3.85. The van der Waals surface area contributed by atoms with Crippen LogP contribution in [0.3, 0.4) is 0 Å². The maximum absolute atomic E-state index is 12.7. The summed E-state index contributed by atoms with van der Waals surface area (Å²) in [5.74, 6) is -0.844. The van der Waals surface area contributed by atoms with Gasteiger partial charge >= 0.3 is 12.1 Å². The fourth-order valence-corrected chi connectivity index (χ4v) is 2.12. The molecule has 1 aliphatic heterocycles. The predicted molar refractivity (Wildman–Crippen MR) is 65.5 cm³/mol. The van der Waals surface area contributed by atoms with Gasteiger partial charge in [-0.25, -0.2) is 4.98 Å². The molecule has 1 aliphatic rings. The minimum Gasteiger partial charge on any atom is -0.480 e. The molecule has 0 aromatic carbocycles. The van der Waals surface area contributed by atoms with Crippen LogP contribution >= 0.6 is 0 Å². The van der Waals surface area contributed by atoms with Gasteiger partial charge in [0.15, 0.2) is 0 Å². The molecule has 0 amide bonds. The second kappa shape index (κ2) is 5.28. The number of hydrogen-bond donors (Lipinski definition) is 1. The number of carboxylic acid groups (broad SMARTS) is 1. The third-order valence-electron chi connectivity index (χ3n) is 3.33. The van der Waals surface area contributed by atoms with E-state index in [0.717, 1.165) is 18.3 Å². The van der Waals surface area contributed by atoms with Crippen molar-refractivity contribution in [2.75, 3.05) is 31.6 Å². The number of rotatable bonds is 2. The summed E-state index contributed by atoms with van der Waals surface area (Å²) in [7, 11) is 1.68. The van der Waals surface area contributed by atoms with Crippen molar-refractivity contribution < 1.29 is 23.1 Å². The number of hydrogen-bond acceptors (Lipinski definition) is 4. The van der Waals surface area contributed by atoms with E-state index in [4.69, 9.17) is 5.11 Å². The summed E-state index contributed by atoms with van der Waals surface area (Å²) >= 11 is 0. The van der Waals surface area contributed by atoms with E-state index in [2.05, 4.69) is 4.98 Å². The van der Waals surface area contributed by atoms with Crippen molar-refractivity contribution in [3.05, 3.63) is 23.9 Å². The van der Waals surface area contributed by atoms with Gasteiger partial charge in [0.2, 0.25) is 0 Å². The monoisotopic (exact) mass is 289 g/mol. The van der Waals surface area contributed by atoms with Gasteiger partial charge in [-0.05, 0) is 19.2 Å². The summed E-state index contributed by atoms with van der Waals surface area (Å²) in [6.07, 6.45) is -3.34. The van der Waals surface area contributed by atoms with Gasteiger partial charge in [0.1, 0.15) is 11.9 Å². The lowest BCUT2D eigenvalue weighted by molar-refractivity contribution is -0.143. The van der Waals surface area contributed by atoms with Gasteiger partial charge in [-0.15, -0.1) is 0 Å². The average Bonchev–Trinajstić information content (AvgIpc) is 2.38. The lowest BCUT2D eigenvalue weighted by Crippen LogP contribution is -2.55. The standard InChI is InChI=1S/C12H14F3N3O2/c1-17-4-5-18(7-9(17)11(19)20)10-6-8(2-3-16-10)12(13,14)15/h2-3,6,9H,4-5,7H2,1H3,(H,19,20)/t9-/m1/s1. The first-order valence-corrected chi connectivity index (χ1v) is 6.00. The van der Waals surface area contributed by atoms with Crippen LogP contribution in [0, 0.1) is 0 Å². The Balaban J connectivity index is 2.22. The SMILES string of the molecule is CN1CCN(c2cc(C(F)(F)F)ccn2)C[C@@H]1C(=O)O. The number of piperazine rings is 1. The molecule has 110 valence electrons. The highest BCUT2D eigenvalue weighted by molar-refractivity contribution is 5.74. The highest BCUT2D eigenvalue weighted by atomic mass is 19.4. The molecule has 0 unspecified atom stereocenters. The fourth-order valence-electron chi connectivity index (χ4n) is 2.12. The van der Waals surface area contributed by atoms with Crippen LogP contribution in [0.2, 0.25) is 0 Å². The molecule has 0 radical (unpaired) electrons. The van der Waals surface area contributed by atoms with Crippen molar-refractivity contribution in [1.29, 1.82) is 0 Å². The minimum atomic E-state index is -4.43. The summed E-state index contributed by atoms with van der Waals surface area (Å²) in [5.41, 5.74) is -0.784. The number of nitrogens with zero attached hydrogens (tertiary/aromatic N) is 3. The number of halogens is 3. The third kappa shape index (κ3) is 3.01. The van der Waals surface area contributed by atoms with Crippen LogP contribution in [0.1, 0.15) is 5.56 Å². The van der Waals surface area contributed by atoms with E-state index >= 15 is 0 Å². The third-order valence-corrected chi connectivity index (χ3v) is 3.33. The zero-order valence-corrected chi connectivity index (χ0v) is 10.8. The van der Waals surface area contributed by atoms with Crippen molar-refractivity contribution in [3.8, 4) is 0 Å². The maximum Gasteiger partial charge on any atom is 0.416 e. The molecule has 1 atom stereocenters. The number of anilines is 1. The molecular formula is C12H14F3N3O2. The number of pyridine rings is 1. The lowest BCUT2D eigenvalue weighted by Gasteiger charge is -2.37. The summed E-state index contributed by atoms with van der Waals surface area (Å²) in [4.78, 5) is 18.2. The quantitative estimate of drug-likeness (QED) is 0.889. The molecule has 1 saturated heterocycles. The average molecular weight is 289 g/mol. The van der Waals surface area contributed by atoms with Gasteiger partial charge in [-0.2, -0.15) is 13.2 Å². The van der Waals surface area contributed by atoms with Crippen LogP contribution in [-0.4, -0.2) is 53.7 Å². The molecule has 0 bridgehead atoms. The molecule has 0 spiro atoms. The van der Waals surface area contributed by atoms with Gasteiger partial charge in [-0.3, -0.25) is 9.69 Å². The number of alkyl halides is 3. The van der Waals surface area contributed by atoms with Crippen LogP contribution in [0.4, 0.5) is 19.0 Å². The first-order valence-electron chi connectivity index (χ1n) is 6.00. The van der Waals surface area contributed by atoms with E-state index in [9.17, 15) is 18.0 Å². The highest BCUT2D eigenvalue weighted by Crippen LogP contribution is 2.31. The Morgan fingerprint density at radius 2 is 2.15 bits per heavy atom. The molecule has 1 N–H and O–H groups in total. The Bertz CT molecular complexity index is 507. The van der Waals surface area contributed by atoms with E-state index in [1.165, 1.54) is 0 Å². The zero-order valence-electron chi connectivity index (χ0n) is 10.8. The van der Waals surface area contributed by atoms with E-state index in [1.807, 2.05) is 0 Å². The van der Waals surface area contributed by atoms with E-state index in [-0.39, 0.29) is 12.4 Å². The van der Waals surface area contributed by atoms with Gasteiger partial charge in [0.05, 0.1) is 5.56 Å². The van der Waals surface area contributed by atoms with Gasteiger partial charge in [-0.1, -0.05) is 0 Å². The molecule has 2 rings (SSSR count). The molecule has 8 heteroatoms. The summed E-state index contributed by atoms with van der Waals surface area (Å²) < 4.78 is 38.0. The molecule has 5 nitrogen and oxygen atoms in total. The molecule has 2 heterocycles. The van der Waals surface area contributed by atoms with E-state index in [1.54, 1.807) is 16.8 Å². The number of carbonyl (C=O) groups is 1. The van der Waals surface area contributed by atoms with Crippen molar-refractivity contribution in [2.24, 2.45) is 0 Å². The number of carboxylic acids is 1. The minimum absolute atomic E-state index is 0.111. The largest absolute Gasteiger partial charge is 0.480 e. The van der Waals surface area contributed by atoms with E-state index < -0.39 is 23.8 Å². The molecule has 0 aliphatic carbocycles. The molecule has 0 saturated carbocycles. The van der Waals surface area contributed by atoms with Crippen molar-refractivity contribution in [1.82, 2.24) is 9.88 Å². The second-order valence-electron chi connectivity index (χ2n) is 4.68. The lowest BCUT2D eigenvalue weighted by atomic mass is 10.1.